The average molecular weight is 198 g/mol. The van der Waals surface area contributed by atoms with Crippen molar-refractivity contribution in [2.75, 3.05) is 12.3 Å². The number of nitrogens with zero attached hydrogens (tertiary/aromatic N) is 1. The molecule has 3 heteroatoms. The first-order valence-electron chi connectivity index (χ1n) is 5.13. The van der Waals surface area contributed by atoms with E-state index >= 15 is 0 Å². The largest absolute Gasteiger partial charge is 0.360 e. The summed E-state index contributed by atoms with van der Waals surface area (Å²) in [6, 6.07) is 0. The van der Waals surface area contributed by atoms with Gasteiger partial charge in [-0.15, -0.1) is 0 Å². The van der Waals surface area contributed by atoms with Gasteiger partial charge in [0, 0.05) is 17.8 Å². The van der Waals surface area contributed by atoms with Crippen molar-refractivity contribution in [3.8, 4) is 0 Å². The molecule has 1 heterocycles. The number of nitrogens with one attached hydrogen (secondary N) is 1. The van der Waals surface area contributed by atoms with Crippen LogP contribution in [0, 0.1) is 5.92 Å². The van der Waals surface area contributed by atoms with Crippen molar-refractivity contribution >= 4 is 16.9 Å². The van der Waals surface area contributed by atoms with Crippen molar-refractivity contribution in [2.24, 2.45) is 10.9 Å². The first kappa shape index (κ1) is 9.38. The third kappa shape index (κ3) is 2.19. The van der Waals surface area contributed by atoms with Gasteiger partial charge in [-0.05, 0) is 32.1 Å². The second-order valence-electron chi connectivity index (χ2n) is 4.60. The molecule has 0 bridgehead atoms. The molecule has 0 aromatic rings. The SMILES string of the molecule is CC1CN=C(NC2(C)CCC2)SC1. The molecule has 13 heavy (non-hydrogen) atoms. The van der Waals surface area contributed by atoms with Gasteiger partial charge in [0.15, 0.2) is 5.17 Å². The maximum absolute atomic E-state index is 4.55. The first-order chi connectivity index (χ1) is 6.18. The number of rotatable bonds is 1. The topological polar surface area (TPSA) is 24.4 Å². The zero-order chi connectivity index (χ0) is 9.31. The molecule has 0 aromatic heterocycles. The fourth-order valence-corrected chi connectivity index (χ4v) is 2.76. The standard InChI is InChI=1S/C10H18N2S/c1-8-6-11-9(13-7-8)12-10(2)4-3-5-10/h8H,3-7H2,1-2H3,(H,11,12). The summed E-state index contributed by atoms with van der Waals surface area (Å²) in [5.41, 5.74) is 0.367. The van der Waals surface area contributed by atoms with Crippen LogP contribution in [-0.2, 0) is 0 Å². The highest BCUT2D eigenvalue weighted by Gasteiger charge is 2.32. The lowest BCUT2D eigenvalue weighted by atomic mass is 9.79. The quantitative estimate of drug-likeness (QED) is 0.699. The van der Waals surface area contributed by atoms with Crippen LogP contribution in [0.2, 0.25) is 0 Å². The van der Waals surface area contributed by atoms with E-state index in [0.717, 1.165) is 12.5 Å². The Balaban J connectivity index is 1.88. The summed E-state index contributed by atoms with van der Waals surface area (Å²) in [4.78, 5) is 4.55. The second-order valence-corrected chi connectivity index (χ2v) is 5.61. The molecule has 74 valence electrons. The average Bonchev–Trinajstić information content (AvgIpc) is 2.06. The van der Waals surface area contributed by atoms with Crippen LogP contribution in [0.1, 0.15) is 33.1 Å². The molecule has 0 spiro atoms. The van der Waals surface area contributed by atoms with Gasteiger partial charge in [-0.25, -0.2) is 0 Å². The first-order valence-corrected chi connectivity index (χ1v) is 6.12. The second kappa shape index (κ2) is 3.52. The van der Waals surface area contributed by atoms with E-state index in [9.17, 15) is 0 Å². The van der Waals surface area contributed by atoms with Crippen molar-refractivity contribution in [3.63, 3.8) is 0 Å². The van der Waals surface area contributed by atoms with E-state index in [1.54, 1.807) is 0 Å². The summed E-state index contributed by atoms with van der Waals surface area (Å²) in [5, 5.41) is 4.75. The fraction of sp³-hybridized carbons (Fsp3) is 0.900. The Hall–Kier alpha value is -0.180. The third-order valence-electron chi connectivity index (χ3n) is 2.92. The molecule has 2 nitrogen and oxygen atoms in total. The molecule has 1 aliphatic heterocycles. The Morgan fingerprint density at radius 3 is 2.77 bits per heavy atom. The summed E-state index contributed by atoms with van der Waals surface area (Å²) >= 11 is 1.89. The van der Waals surface area contributed by atoms with Crippen molar-refractivity contribution < 1.29 is 0 Å². The van der Waals surface area contributed by atoms with Gasteiger partial charge in [-0.1, -0.05) is 18.7 Å². The molecule has 2 aliphatic rings. The van der Waals surface area contributed by atoms with E-state index in [-0.39, 0.29) is 0 Å². The third-order valence-corrected chi connectivity index (χ3v) is 4.16. The predicted octanol–water partition coefficient (Wildman–Crippen LogP) is 2.26. The number of hydrogen-bond acceptors (Lipinski definition) is 3. The molecular weight excluding hydrogens is 180 g/mol. The highest BCUT2D eigenvalue weighted by atomic mass is 32.2. The zero-order valence-corrected chi connectivity index (χ0v) is 9.28. The summed E-state index contributed by atoms with van der Waals surface area (Å²) in [7, 11) is 0. The Morgan fingerprint density at radius 2 is 2.31 bits per heavy atom. The summed E-state index contributed by atoms with van der Waals surface area (Å²) in [5.74, 6) is 1.98. The van der Waals surface area contributed by atoms with Gasteiger partial charge in [-0.3, -0.25) is 4.99 Å². The van der Waals surface area contributed by atoms with E-state index in [1.165, 1.54) is 30.2 Å². The lowest BCUT2D eigenvalue weighted by Crippen LogP contribution is -2.50. The minimum Gasteiger partial charge on any atom is -0.360 e. The minimum atomic E-state index is 0.367. The summed E-state index contributed by atoms with van der Waals surface area (Å²) < 4.78 is 0. The van der Waals surface area contributed by atoms with Gasteiger partial charge < -0.3 is 5.32 Å². The summed E-state index contributed by atoms with van der Waals surface area (Å²) in [6.45, 7) is 5.57. The van der Waals surface area contributed by atoms with Gasteiger partial charge >= 0.3 is 0 Å². The van der Waals surface area contributed by atoms with E-state index in [2.05, 4.69) is 24.2 Å². The molecule has 0 amide bonds. The van der Waals surface area contributed by atoms with Crippen LogP contribution in [0.5, 0.6) is 0 Å². The maximum atomic E-state index is 4.55. The van der Waals surface area contributed by atoms with Crippen molar-refractivity contribution in [1.82, 2.24) is 5.32 Å². The highest BCUT2D eigenvalue weighted by molar-refractivity contribution is 8.13. The van der Waals surface area contributed by atoms with Crippen molar-refractivity contribution in [1.29, 1.82) is 0 Å². The van der Waals surface area contributed by atoms with Crippen molar-refractivity contribution in [2.45, 2.75) is 38.6 Å². The van der Waals surface area contributed by atoms with E-state index in [1.807, 2.05) is 11.8 Å². The molecule has 2 rings (SSSR count). The van der Waals surface area contributed by atoms with E-state index in [0.29, 0.717) is 5.54 Å². The van der Waals surface area contributed by atoms with Crippen LogP contribution in [0.4, 0.5) is 0 Å². The Kier molecular flexibility index (Phi) is 2.54. The molecule has 1 N–H and O–H groups in total. The van der Waals surface area contributed by atoms with Gasteiger partial charge in [0.25, 0.3) is 0 Å². The minimum absolute atomic E-state index is 0.367. The van der Waals surface area contributed by atoms with Crippen LogP contribution in [-0.4, -0.2) is 23.0 Å². The maximum Gasteiger partial charge on any atom is 0.156 e. The van der Waals surface area contributed by atoms with Gasteiger partial charge in [0.05, 0.1) is 0 Å². The highest BCUT2D eigenvalue weighted by Crippen LogP contribution is 2.32. The number of thioether (sulfide) groups is 1. The number of hydrogen-bond donors (Lipinski definition) is 1. The smallest absolute Gasteiger partial charge is 0.156 e. The van der Waals surface area contributed by atoms with Gasteiger partial charge in [0.2, 0.25) is 0 Å². The molecule has 0 saturated heterocycles. The van der Waals surface area contributed by atoms with E-state index < -0.39 is 0 Å². The zero-order valence-electron chi connectivity index (χ0n) is 8.47. The van der Waals surface area contributed by atoms with Crippen LogP contribution in [0.15, 0.2) is 4.99 Å². The Bertz CT molecular complexity index is 221. The lowest BCUT2D eigenvalue weighted by molar-refractivity contribution is 0.245. The molecule has 0 aromatic carbocycles. The van der Waals surface area contributed by atoms with Gasteiger partial charge in [-0.2, -0.15) is 0 Å². The van der Waals surface area contributed by atoms with Crippen LogP contribution < -0.4 is 5.32 Å². The molecule has 0 radical (unpaired) electrons. The predicted molar refractivity (Wildman–Crippen MR) is 59.3 cm³/mol. The Morgan fingerprint density at radius 1 is 1.54 bits per heavy atom. The van der Waals surface area contributed by atoms with Crippen LogP contribution in [0.25, 0.3) is 0 Å². The van der Waals surface area contributed by atoms with Gasteiger partial charge in [0.1, 0.15) is 0 Å². The number of aliphatic imine (C=N–C) groups is 1. The molecule has 1 aliphatic carbocycles. The van der Waals surface area contributed by atoms with E-state index in [4.69, 9.17) is 0 Å². The molecule has 1 saturated carbocycles. The summed E-state index contributed by atoms with van der Waals surface area (Å²) in [6.07, 6.45) is 3.99. The lowest BCUT2D eigenvalue weighted by Gasteiger charge is -2.40. The normalized spacial score (nSPS) is 31.8. The molecule has 1 unspecified atom stereocenters. The van der Waals surface area contributed by atoms with Crippen LogP contribution in [0.3, 0.4) is 0 Å². The molecule has 1 fully saturated rings. The van der Waals surface area contributed by atoms with Crippen LogP contribution >= 0.6 is 11.8 Å². The van der Waals surface area contributed by atoms with Crippen molar-refractivity contribution in [3.05, 3.63) is 0 Å². The monoisotopic (exact) mass is 198 g/mol. The molecule has 1 atom stereocenters. The molecular formula is C10H18N2S. The Labute approximate surface area is 84.6 Å². The fourth-order valence-electron chi connectivity index (χ4n) is 1.72. The number of amidine groups is 1.